The molecule has 0 spiro atoms. The van der Waals surface area contributed by atoms with Gasteiger partial charge in [-0.2, -0.15) is 5.10 Å². The number of anilines is 1. The lowest BCUT2D eigenvalue weighted by Crippen LogP contribution is -2.19. The smallest absolute Gasteiger partial charge is 0.238 e. The van der Waals surface area contributed by atoms with Crippen molar-refractivity contribution in [3.05, 3.63) is 90.0 Å². The van der Waals surface area contributed by atoms with Crippen molar-refractivity contribution in [2.24, 2.45) is 10.2 Å². The van der Waals surface area contributed by atoms with Gasteiger partial charge in [-0.3, -0.25) is 5.01 Å². The zero-order valence-electron chi connectivity index (χ0n) is 15.9. The summed E-state index contributed by atoms with van der Waals surface area (Å²) in [6.07, 6.45) is 0.729. The molecule has 1 aliphatic heterocycles. The average Bonchev–Trinajstić information content (AvgIpc) is 3.19. The van der Waals surface area contributed by atoms with Gasteiger partial charge in [0, 0.05) is 6.42 Å². The van der Waals surface area contributed by atoms with E-state index in [-0.39, 0.29) is 10.9 Å². The van der Waals surface area contributed by atoms with Crippen molar-refractivity contribution in [2.45, 2.75) is 17.4 Å². The Bertz CT molecular complexity index is 1130. The number of ether oxygens (including phenoxy) is 1. The molecule has 0 saturated heterocycles. The highest BCUT2D eigenvalue weighted by Crippen LogP contribution is 2.37. The molecule has 0 aromatic heterocycles. The van der Waals surface area contributed by atoms with Crippen LogP contribution in [-0.2, 0) is 10.0 Å². The van der Waals surface area contributed by atoms with Crippen LogP contribution in [0, 0.1) is 0 Å². The topological polar surface area (TPSA) is 85.0 Å². The van der Waals surface area contributed by atoms with E-state index in [1.54, 1.807) is 19.2 Å². The molecule has 0 bridgehead atoms. The van der Waals surface area contributed by atoms with Gasteiger partial charge in [0.2, 0.25) is 10.0 Å². The van der Waals surface area contributed by atoms with Crippen LogP contribution in [0.2, 0.25) is 0 Å². The Morgan fingerprint density at radius 3 is 2.21 bits per heavy atom. The first kappa shape index (κ1) is 19.2. The molecule has 1 heterocycles. The molecule has 6 nitrogen and oxygen atoms in total. The number of hydrazone groups is 1. The van der Waals surface area contributed by atoms with Crippen LogP contribution >= 0.6 is 0 Å². The van der Waals surface area contributed by atoms with Crippen molar-refractivity contribution in [1.82, 2.24) is 0 Å². The molecule has 0 aliphatic carbocycles. The number of primary sulfonamides is 1. The number of rotatable bonds is 5. The molecule has 4 rings (SSSR count). The predicted molar refractivity (Wildman–Crippen MR) is 114 cm³/mol. The van der Waals surface area contributed by atoms with E-state index < -0.39 is 10.0 Å². The van der Waals surface area contributed by atoms with E-state index in [2.05, 4.69) is 12.1 Å². The third-order valence-corrected chi connectivity index (χ3v) is 5.88. The first-order valence-corrected chi connectivity index (χ1v) is 10.7. The van der Waals surface area contributed by atoms with Crippen LogP contribution in [0.5, 0.6) is 5.75 Å². The number of nitrogens with zero attached hydrogens (tertiary/aromatic N) is 2. The molecule has 3 aromatic rings. The van der Waals surface area contributed by atoms with E-state index in [0.717, 1.165) is 34.7 Å². The Morgan fingerprint density at radius 2 is 1.62 bits per heavy atom. The fraction of sp³-hybridized carbons (Fsp3) is 0.136. The minimum absolute atomic E-state index is 0.00800. The van der Waals surface area contributed by atoms with Gasteiger partial charge in [-0.15, -0.1) is 0 Å². The summed E-state index contributed by atoms with van der Waals surface area (Å²) in [7, 11) is -2.10. The van der Waals surface area contributed by atoms with Crippen LogP contribution in [0.25, 0.3) is 0 Å². The van der Waals surface area contributed by atoms with Crippen LogP contribution in [0.15, 0.2) is 88.9 Å². The molecule has 1 atom stereocenters. The first-order valence-electron chi connectivity index (χ1n) is 9.14. The lowest BCUT2D eigenvalue weighted by molar-refractivity contribution is 0.415. The number of benzene rings is 3. The van der Waals surface area contributed by atoms with Gasteiger partial charge in [0.1, 0.15) is 5.75 Å². The largest absolute Gasteiger partial charge is 0.497 e. The van der Waals surface area contributed by atoms with E-state index in [1.165, 1.54) is 12.1 Å². The van der Waals surface area contributed by atoms with Crippen molar-refractivity contribution in [3.63, 3.8) is 0 Å². The van der Waals surface area contributed by atoms with Crippen LogP contribution in [-0.4, -0.2) is 21.2 Å². The lowest BCUT2D eigenvalue weighted by atomic mass is 9.98. The highest BCUT2D eigenvalue weighted by Gasteiger charge is 2.30. The lowest BCUT2D eigenvalue weighted by Gasteiger charge is -2.24. The molecule has 2 N–H and O–H groups in total. The van der Waals surface area contributed by atoms with E-state index in [0.29, 0.717) is 0 Å². The normalized spacial score (nSPS) is 16.6. The Morgan fingerprint density at radius 1 is 0.966 bits per heavy atom. The SMILES string of the molecule is COc1ccc(C2=NN(c3ccc(S(N)(=O)=O)cc3)C(c3ccccc3)C2)cc1. The molecule has 29 heavy (non-hydrogen) atoms. The van der Waals surface area contributed by atoms with E-state index in [4.69, 9.17) is 15.0 Å². The molecule has 7 heteroatoms. The van der Waals surface area contributed by atoms with Crippen LogP contribution in [0.3, 0.4) is 0 Å². The number of hydrogen-bond donors (Lipinski definition) is 1. The second-order valence-electron chi connectivity index (χ2n) is 6.79. The van der Waals surface area contributed by atoms with Gasteiger partial charge in [0.15, 0.2) is 0 Å². The van der Waals surface area contributed by atoms with Gasteiger partial charge in [-0.25, -0.2) is 13.6 Å². The van der Waals surface area contributed by atoms with Crippen molar-refractivity contribution < 1.29 is 13.2 Å². The molecule has 1 aliphatic rings. The van der Waals surface area contributed by atoms with Crippen molar-refractivity contribution in [3.8, 4) is 5.75 Å². The highest BCUT2D eigenvalue weighted by molar-refractivity contribution is 7.89. The number of nitrogens with two attached hydrogens (primary N) is 1. The molecule has 3 aromatic carbocycles. The summed E-state index contributed by atoms with van der Waals surface area (Å²) in [5.74, 6) is 0.794. The Hall–Kier alpha value is -3.16. The monoisotopic (exact) mass is 407 g/mol. The highest BCUT2D eigenvalue weighted by atomic mass is 32.2. The van der Waals surface area contributed by atoms with E-state index in [9.17, 15) is 8.42 Å². The first-order chi connectivity index (χ1) is 14.0. The number of hydrogen-bond acceptors (Lipinski definition) is 5. The number of methoxy groups -OCH3 is 1. The van der Waals surface area contributed by atoms with Crippen LogP contribution < -0.4 is 14.9 Å². The Kier molecular flexibility index (Phi) is 5.08. The van der Waals surface area contributed by atoms with Gasteiger partial charge < -0.3 is 4.74 Å². The quantitative estimate of drug-likeness (QED) is 0.699. The molecule has 0 amide bonds. The maximum atomic E-state index is 11.6. The molecule has 1 unspecified atom stereocenters. The number of sulfonamides is 1. The maximum Gasteiger partial charge on any atom is 0.238 e. The molecule has 0 fully saturated rings. The average molecular weight is 407 g/mol. The van der Waals surface area contributed by atoms with Gasteiger partial charge >= 0.3 is 0 Å². The standard InChI is InChI=1S/C22H21N3O3S/c1-28-19-11-7-16(8-12-19)21-15-22(17-5-3-2-4-6-17)25(24-21)18-9-13-20(14-10-18)29(23,26)27/h2-14,22H,15H2,1H3,(H2,23,26,27). The molecular weight excluding hydrogens is 386 g/mol. The third kappa shape index (κ3) is 4.01. The van der Waals surface area contributed by atoms with Crippen molar-refractivity contribution in [1.29, 1.82) is 0 Å². The summed E-state index contributed by atoms with van der Waals surface area (Å²) in [4.78, 5) is 0.0797. The summed E-state index contributed by atoms with van der Waals surface area (Å²) in [5.41, 5.74) is 3.91. The summed E-state index contributed by atoms with van der Waals surface area (Å²) >= 11 is 0. The molecule has 0 radical (unpaired) electrons. The zero-order valence-corrected chi connectivity index (χ0v) is 16.7. The summed E-state index contributed by atoms with van der Waals surface area (Å²) in [6, 6.07) is 24.4. The van der Waals surface area contributed by atoms with Gasteiger partial charge in [-0.05, 0) is 59.7 Å². The molecular formula is C22H21N3O3S. The van der Waals surface area contributed by atoms with Gasteiger partial charge in [0.05, 0.1) is 29.4 Å². The minimum atomic E-state index is -3.74. The third-order valence-electron chi connectivity index (χ3n) is 4.95. The van der Waals surface area contributed by atoms with Gasteiger partial charge in [0.25, 0.3) is 0 Å². The fourth-order valence-corrected chi connectivity index (χ4v) is 3.95. The minimum Gasteiger partial charge on any atom is -0.497 e. The van der Waals surface area contributed by atoms with Crippen LogP contribution in [0.4, 0.5) is 5.69 Å². The molecule has 148 valence electrons. The Balaban J connectivity index is 1.72. The van der Waals surface area contributed by atoms with Crippen molar-refractivity contribution >= 4 is 21.4 Å². The summed E-state index contributed by atoms with van der Waals surface area (Å²) < 4.78 is 28.4. The van der Waals surface area contributed by atoms with Gasteiger partial charge in [-0.1, -0.05) is 30.3 Å². The molecule has 0 saturated carbocycles. The fourth-order valence-electron chi connectivity index (χ4n) is 3.43. The second-order valence-corrected chi connectivity index (χ2v) is 8.35. The summed E-state index contributed by atoms with van der Waals surface area (Å²) in [5, 5.41) is 12.0. The van der Waals surface area contributed by atoms with E-state index in [1.807, 2.05) is 47.5 Å². The second kappa shape index (κ2) is 7.69. The predicted octanol–water partition coefficient (Wildman–Crippen LogP) is 3.70. The zero-order chi connectivity index (χ0) is 20.4. The maximum absolute atomic E-state index is 11.6. The van der Waals surface area contributed by atoms with Crippen LogP contribution in [0.1, 0.15) is 23.6 Å². The van der Waals surface area contributed by atoms with Crippen molar-refractivity contribution in [2.75, 3.05) is 12.1 Å². The van der Waals surface area contributed by atoms with E-state index >= 15 is 0 Å². The summed E-state index contributed by atoms with van der Waals surface area (Å²) in [6.45, 7) is 0. The Labute approximate surface area is 170 Å².